The fourth-order valence-electron chi connectivity index (χ4n) is 2.34. The van der Waals surface area contributed by atoms with Crippen LogP contribution in [-0.2, 0) is 0 Å². The summed E-state index contributed by atoms with van der Waals surface area (Å²) in [5.41, 5.74) is 0.122. The van der Waals surface area contributed by atoms with Gasteiger partial charge in [-0.3, -0.25) is 4.79 Å². The smallest absolute Gasteiger partial charge is 0.254 e. The Bertz CT molecular complexity index is 441. The Labute approximate surface area is 115 Å². The highest BCUT2D eigenvalue weighted by atomic mass is 79.9. The van der Waals surface area contributed by atoms with Crippen molar-refractivity contribution in [1.29, 1.82) is 0 Å². The number of halogens is 2. The maximum absolute atomic E-state index is 13.6. The maximum atomic E-state index is 13.6. The molecule has 2 nitrogen and oxygen atoms in total. The zero-order valence-corrected chi connectivity index (χ0v) is 12.0. The molecule has 1 fully saturated rings. The maximum Gasteiger partial charge on any atom is 0.254 e. The summed E-state index contributed by atoms with van der Waals surface area (Å²) in [5, 5.41) is 2.92. The van der Waals surface area contributed by atoms with E-state index < -0.39 is 5.82 Å². The van der Waals surface area contributed by atoms with Crippen LogP contribution in [-0.4, -0.2) is 11.9 Å². The van der Waals surface area contributed by atoms with E-state index in [2.05, 4.69) is 28.2 Å². The van der Waals surface area contributed by atoms with Gasteiger partial charge in [-0.05, 0) is 49.8 Å². The van der Waals surface area contributed by atoms with Gasteiger partial charge in [0, 0.05) is 10.5 Å². The Balaban J connectivity index is 1.99. The number of rotatable bonds is 2. The number of amides is 1. The van der Waals surface area contributed by atoms with Gasteiger partial charge in [0.15, 0.2) is 0 Å². The minimum absolute atomic E-state index is 0.122. The predicted molar refractivity (Wildman–Crippen MR) is 73.0 cm³/mol. The molecule has 0 unspecified atom stereocenters. The highest BCUT2D eigenvalue weighted by Crippen LogP contribution is 2.24. The first-order valence-corrected chi connectivity index (χ1v) is 7.11. The van der Waals surface area contributed by atoms with Crippen molar-refractivity contribution in [2.45, 2.75) is 38.6 Å². The minimum atomic E-state index is -0.481. The van der Waals surface area contributed by atoms with E-state index in [4.69, 9.17) is 0 Å². The molecule has 0 aliphatic heterocycles. The van der Waals surface area contributed by atoms with Gasteiger partial charge in [0.2, 0.25) is 0 Å². The molecule has 0 spiro atoms. The van der Waals surface area contributed by atoms with E-state index in [1.54, 1.807) is 6.07 Å². The van der Waals surface area contributed by atoms with E-state index in [0.717, 1.165) is 31.6 Å². The second kappa shape index (κ2) is 5.83. The second-order valence-corrected chi connectivity index (χ2v) is 5.97. The summed E-state index contributed by atoms with van der Waals surface area (Å²) < 4.78 is 14.3. The molecule has 1 aromatic rings. The fraction of sp³-hybridized carbons (Fsp3) is 0.500. The van der Waals surface area contributed by atoms with Crippen LogP contribution in [0.3, 0.4) is 0 Å². The quantitative estimate of drug-likeness (QED) is 0.881. The number of hydrogen-bond acceptors (Lipinski definition) is 1. The molecule has 2 rings (SSSR count). The monoisotopic (exact) mass is 313 g/mol. The SMILES string of the molecule is CC1CCC(NC(=O)c2ccc(Br)cc2F)CC1. The van der Waals surface area contributed by atoms with E-state index in [0.29, 0.717) is 4.47 Å². The van der Waals surface area contributed by atoms with Crippen LogP contribution in [0.2, 0.25) is 0 Å². The summed E-state index contributed by atoms with van der Waals surface area (Å²) in [4.78, 5) is 12.0. The van der Waals surface area contributed by atoms with Crippen molar-refractivity contribution in [3.63, 3.8) is 0 Å². The van der Waals surface area contributed by atoms with Crippen LogP contribution in [0.1, 0.15) is 43.0 Å². The van der Waals surface area contributed by atoms with Crippen molar-refractivity contribution in [3.05, 3.63) is 34.1 Å². The third-order valence-electron chi connectivity index (χ3n) is 3.53. The predicted octanol–water partition coefficient (Wildman–Crippen LogP) is 3.90. The van der Waals surface area contributed by atoms with Crippen LogP contribution in [0.4, 0.5) is 4.39 Å². The normalized spacial score (nSPS) is 23.7. The Kier molecular flexibility index (Phi) is 4.38. The molecule has 0 radical (unpaired) electrons. The molecule has 1 aromatic carbocycles. The third kappa shape index (κ3) is 3.31. The summed E-state index contributed by atoms with van der Waals surface area (Å²) in [5.74, 6) is -0.0480. The lowest BCUT2D eigenvalue weighted by Gasteiger charge is -2.26. The van der Waals surface area contributed by atoms with Crippen LogP contribution in [0.15, 0.2) is 22.7 Å². The summed E-state index contributed by atoms with van der Waals surface area (Å²) in [7, 11) is 0. The first-order chi connectivity index (χ1) is 8.56. The lowest BCUT2D eigenvalue weighted by atomic mass is 9.87. The van der Waals surface area contributed by atoms with Gasteiger partial charge in [0.25, 0.3) is 5.91 Å². The molecule has 0 heterocycles. The summed E-state index contributed by atoms with van der Waals surface area (Å²) >= 11 is 3.18. The lowest BCUT2D eigenvalue weighted by molar-refractivity contribution is 0.0919. The molecule has 1 aliphatic carbocycles. The molecule has 18 heavy (non-hydrogen) atoms. The van der Waals surface area contributed by atoms with Gasteiger partial charge in [-0.1, -0.05) is 22.9 Å². The van der Waals surface area contributed by atoms with Crippen LogP contribution >= 0.6 is 15.9 Å². The molecule has 4 heteroatoms. The Hall–Kier alpha value is -0.900. The van der Waals surface area contributed by atoms with Crippen molar-refractivity contribution in [3.8, 4) is 0 Å². The standard InChI is InChI=1S/C14H17BrFNO/c1-9-2-5-11(6-3-9)17-14(18)12-7-4-10(15)8-13(12)16/h4,7-9,11H,2-3,5-6H2,1H3,(H,17,18). The van der Waals surface area contributed by atoms with Crippen molar-refractivity contribution >= 4 is 21.8 Å². The number of carbonyl (C=O) groups is 1. The molecule has 0 aromatic heterocycles. The number of carbonyl (C=O) groups excluding carboxylic acids is 1. The van der Waals surface area contributed by atoms with Crippen molar-refractivity contribution in [1.82, 2.24) is 5.32 Å². The Morgan fingerprint density at radius 2 is 2.00 bits per heavy atom. The molecule has 0 saturated heterocycles. The Morgan fingerprint density at radius 1 is 1.33 bits per heavy atom. The van der Waals surface area contributed by atoms with E-state index in [1.807, 2.05) is 0 Å². The van der Waals surface area contributed by atoms with Gasteiger partial charge in [-0.15, -0.1) is 0 Å². The molecule has 1 amide bonds. The average Bonchev–Trinajstić information content (AvgIpc) is 2.32. The largest absolute Gasteiger partial charge is 0.349 e. The van der Waals surface area contributed by atoms with Crippen LogP contribution in [0.5, 0.6) is 0 Å². The van der Waals surface area contributed by atoms with Gasteiger partial charge in [0.1, 0.15) is 5.82 Å². The Morgan fingerprint density at radius 3 is 2.61 bits per heavy atom. The average molecular weight is 314 g/mol. The van der Waals surface area contributed by atoms with E-state index in [1.165, 1.54) is 12.1 Å². The first kappa shape index (κ1) is 13.5. The van der Waals surface area contributed by atoms with Gasteiger partial charge in [-0.2, -0.15) is 0 Å². The fourth-order valence-corrected chi connectivity index (χ4v) is 2.67. The van der Waals surface area contributed by atoms with Crippen molar-refractivity contribution in [2.24, 2.45) is 5.92 Å². The number of hydrogen-bond donors (Lipinski definition) is 1. The van der Waals surface area contributed by atoms with Crippen molar-refractivity contribution in [2.75, 3.05) is 0 Å². The summed E-state index contributed by atoms with van der Waals surface area (Å²) in [6.07, 6.45) is 4.25. The van der Waals surface area contributed by atoms with Gasteiger partial charge >= 0.3 is 0 Å². The van der Waals surface area contributed by atoms with Crippen molar-refractivity contribution < 1.29 is 9.18 Å². The van der Waals surface area contributed by atoms with Crippen LogP contribution in [0, 0.1) is 11.7 Å². The minimum Gasteiger partial charge on any atom is -0.349 e. The first-order valence-electron chi connectivity index (χ1n) is 6.32. The molecule has 0 bridgehead atoms. The molecular weight excluding hydrogens is 297 g/mol. The van der Waals surface area contributed by atoms with E-state index in [-0.39, 0.29) is 17.5 Å². The molecule has 1 N–H and O–H groups in total. The van der Waals surface area contributed by atoms with Crippen LogP contribution in [0.25, 0.3) is 0 Å². The summed E-state index contributed by atoms with van der Waals surface area (Å²) in [6.45, 7) is 2.23. The lowest BCUT2D eigenvalue weighted by Crippen LogP contribution is -2.37. The zero-order chi connectivity index (χ0) is 13.1. The van der Waals surface area contributed by atoms with Gasteiger partial charge in [0.05, 0.1) is 5.56 Å². The number of nitrogens with one attached hydrogen (secondary N) is 1. The highest BCUT2D eigenvalue weighted by molar-refractivity contribution is 9.10. The van der Waals surface area contributed by atoms with Crippen LogP contribution < -0.4 is 5.32 Å². The number of benzene rings is 1. The molecule has 0 atom stereocenters. The zero-order valence-electron chi connectivity index (χ0n) is 10.4. The van der Waals surface area contributed by atoms with Gasteiger partial charge in [-0.25, -0.2) is 4.39 Å². The molecule has 1 aliphatic rings. The van der Waals surface area contributed by atoms with E-state index >= 15 is 0 Å². The third-order valence-corrected chi connectivity index (χ3v) is 4.02. The molecule has 1 saturated carbocycles. The second-order valence-electron chi connectivity index (χ2n) is 5.05. The molecule has 98 valence electrons. The van der Waals surface area contributed by atoms with Gasteiger partial charge < -0.3 is 5.32 Å². The summed E-state index contributed by atoms with van der Waals surface area (Å²) in [6, 6.07) is 4.70. The van der Waals surface area contributed by atoms with E-state index in [9.17, 15) is 9.18 Å². The molecular formula is C14H17BrFNO. The topological polar surface area (TPSA) is 29.1 Å². The highest BCUT2D eigenvalue weighted by Gasteiger charge is 2.21.